The molecule has 2 unspecified atom stereocenters. The molecule has 1 fully saturated rings. The number of hydrogen-bond donors (Lipinski definition) is 1. The Balaban J connectivity index is 1.92. The van der Waals surface area contributed by atoms with Gasteiger partial charge in [-0.1, -0.05) is 0 Å². The van der Waals surface area contributed by atoms with Crippen LogP contribution in [-0.4, -0.2) is 64.4 Å². The van der Waals surface area contributed by atoms with Crippen molar-refractivity contribution in [1.29, 1.82) is 0 Å². The van der Waals surface area contributed by atoms with Crippen LogP contribution >= 0.6 is 11.8 Å². The van der Waals surface area contributed by atoms with E-state index in [4.69, 9.17) is 11.2 Å². The van der Waals surface area contributed by atoms with Crippen molar-refractivity contribution in [1.82, 2.24) is 20.0 Å². The van der Waals surface area contributed by atoms with Gasteiger partial charge in [0.2, 0.25) is 17.7 Å². The van der Waals surface area contributed by atoms with Crippen LogP contribution in [0.5, 0.6) is 5.88 Å². The molecule has 2 aliphatic rings. The van der Waals surface area contributed by atoms with Crippen molar-refractivity contribution in [3.63, 3.8) is 0 Å². The molecular formula is C23H34N6O3S. The molecule has 1 aliphatic carbocycles. The van der Waals surface area contributed by atoms with Gasteiger partial charge < -0.3 is 15.0 Å². The Morgan fingerprint density at radius 3 is 2.61 bits per heavy atom. The summed E-state index contributed by atoms with van der Waals surface area (Å²) in [5, 5.41) is 15.8. The number of hydrogen-bond acceptors (Lipinski definition) is 7. The maximum atomic E-state index is 13.7. The minimum Gasteiger partial charge on any atom is -0.481 e. The molecule has 10 heteroatoms. The van der Waals surface area contributed by atoms with E-state index in [0.29, 0.717) is 48.9 Å². The zero-order valence-electron chi connectivity index (χ0n) is 20.1. The normalized spacial score (nSPS) is 17.7. The highest BCUT2D eigenvalue weighted by Gasteiger charge is 2.43. The number of thioether (sulfide) groups is 1. The average molecular weight is 475 g/mol. The standard InChI is InChI=1S/C23H34N6O3S/c1-7-8-12-23(26-27-23)13-11-18(30)29(14-17(33-6)16-9-10-16)20(21(31)24-3)19-15(2)25-28(4)22(19)32-5/h1,16-17,20H,8-14H2,2-6H3,(H,24,31). The Labute approximate surface area is 200 Å². The second kappa shape index (κ2) is 10.6. The number of aromatic nitrogens is 2. The molecule has 1 aromatic heterocycles. The van der Waals surface area contributed by atoms with Crippen LogP contribution in [0.4, 0.5) is 0 Å². The number of nitrogens with zero attached hydrogens (tertiary/aromatic N) is 5. The predicted octanol–water partition coefficient (Wildman–Crippen LogP) is 2.85. The van der Waals surface area contributed by atoms with Gasteiger partial charge in [0, 0.05) is 51.6 Å². The van der Waals surface area contributed by atoms with Crippen LogP contribution in [0.3, 0.4) is 0 Å². The lowest BCUT2D eigenvalue weighted by molar-refractivity contribution is -0.141. The number of likely N-dealkylation sites (N-methyl/N-ethyl adjacent to an activating group) is 1. The molecule has 1 N–H and O–H groups in total. The zero-order valence-corrected chi connectivity index (χ0v) is 20.9. The van der Waals surface area contributed by atoms with Gasteiger partial charge in [-0.25, -0.2) is 4.68 Å². The van der Waals surface area contributed by atoms with E-state index in [0.717, 1.165) is 12.8 Å². The van der Waals surface area contributed by atoms with Gasteiger partial charge >= 0.3 is 0 Å². The smallest absolute Gasteiger partial charge is 0.247 e. The van der Waals surface area contributed by atoms with Gasteiger partial charge in [0.25, 0.3) is 0 Å². The largest absolute Gasteiger partial charge is 0.481 e. The van der Waals surface area contributed by atoms with E-state index in [-0.39, 0.29) is 23.5 Å². The van der Waals surface area contributed by atoms with E-state index >= 15 is 0 Å². The Hall–Kier alpha value is -2.54. The summed E-state index contributed by atoms with van der Waals surface area (Å²) in [7, 11) is 4.90. The van der Waals surface area contributed by atoms with Crippen LogP contribution < -0.4 is 10.1 Å². The summed E-state index contributed by atoms with van der Waals surface area (Å²) < 4.78 is 7.19. The Morgan fingerprint density at radius 2 is 2.09 bits per heavy atom. The number of rotatable bonds is 13. The monoisotopic (exact) mass is 474 g/mol. The molecule has 0 spiro atoms. The topological polar surface area (TPSA) is 101 Å². The first-order valence-corrected chi connectivity index (χ1v) is 12.6. The third kappa shape index (κ3) is 5.69. The summed E-state index contributed by atoms with van der Waals surface area (Å²) in [6, 6.07) is -0.839. The third-order valence-corrected chi connectivity index (χ3v) is 7.57. The van der Waals surface area contributed by atoms with E-state index in [9.17, 15) is 9.59 Å². The first-order valence-electron chi connectivity index (χ1n) is 11.3. The molecule has 180 valence electrons. The minimum absolute atomic E-state index is 0.106. The third-order valence-electron chi connectivity index (χ3n) is 6.43. The van der Waals surface area contributed by atoms with Crippen molar-refractivity contribution in [3.05, 3.63) is 11.3 Å². The molecule has 9 nitrogen and oxygen atoms in total. The van der Waals surface area contributed by atoms with Gasteiger partial charge in [-0.3, -0.25) is 9.59 Å². The number of amides is 2. The minimum atomic E-state index is -0.839. The number of nitrogens with one attached hydrogen (secondary N) is 1. The van der Waals surface area contributed by atoms with Crippen molar-refractivity contribution in [2.45, 2.75) is 62.4 Å². The summed E-state index contributed by atoms with van der Waals surface area (Å²) in [5.41, 5.74) is 0.727. The van der Waals surface area contributed by atoms with Gasteiger partial charge in [0.15, 0.2) is 5.66 Å². The van der Waals surface area contributed by atoms with Crippen LogP contribution in [0.25, 0.3) is 0 Å². The maximum Gasteiger partial charge on any atom is 0.247 e. The highest BCUT2D eigenvalue weighted by molar-refractivity contribution is 7.99. The van der Waals surface area contributed by atoms with Gasteiger partial charge in [0.1, 0.15) is 6.04 Å². The number of carbonyl (C=O) groups excluding carboxylic acids is 2. The van der Waals surface area contributed by atoms with Crippen LogP contribution in [0.1, 0.15) is 55.8 Å². The molecule has 33 heavy (non-hydrogen) atoms. The molecule has 1 saturated carbocycles. The maximum absolute atomic E-state index is 13.7. The Morgan fingerprint density at radius 1 is 1.39 bits per heavy atom. The molecule has 0 radical (unpaired) electrons. The van der Waals surface area contributed by atoms with Gasteiger partial charge in [-0.15, -0.1) is 12.3 Å². The first kappa shape index (κ1) is 25.1. The zero-order chi connectivity index (χ0) is 24.2. The molecule has 0 bridgehead atoms. The summed E-state index contributed by atoms with van der Waals surface area (Å²) in [6.07, 6.45) is 11.7. The van der Waals surface area contributed by atoms with E-state index in [1.165, 1.54) is 0 Å². The second-order valence-electron chi connectivity index (χ2n) is 8.69. The van der Waals surface area contributed by atoms with Crippen LogP contribution in [0.2, 0.25) is 0 Å². The molecule has 0 saturated heterocycles. The Kier molecular flexibility index (Phi) is 8.05. The molecule has 0 aromatic carbocycles. The number of carbonyl (C=O) groups is 2. The first-order chi connectivity index (χ1) is 15.8. The average Bonchev–Trinajstić information content (AvgIpc) is 3.73. The molecule has 2 atom stereocenters. The quantitative estimate of drug-likeness (QED) is 0.443. The SMILES string of the molecule is C#CCCC1(CCC(=O)N(CC(SC)C2CC2)C(C(=O)NC)c2c(C)nn(C)c2OC)N=N1. The molecule has 1 aliphatic heterocycles. The number of aryl methyl sites for hydroxylation is 2. The lowest BCUT2D eigenvalue weighted by Gasteiger charge is -2.34. The van der Waals surface area contributed by atoms with Gasteiger partial charge in [-0.05, 0) is 31.9 Å². The molecule has 2 heterocycles. The van der Waals surface area contributed by atoms with E-state index in [1.807, 2.05) is 6.92 Å². The van der Waals surface area contributed by atoms with Crippen molar-refractivity contribution >= 4 is 23.6 Å². The number of methoxy groups -OCH3 is 1. The van der Waals surface area contributed by atoms with Gasteiger partial charge in [0.05, 0.1) is 18.4 Å². The Bertz CT molecular complexity index is 943. The lowest BCUT2D eigenvalue weighted by Crippen LogP contribution is -2.46. The molecular weight excluding hydrogens is 440 g/mol. The van der Waals surface area contributed by atoms with Crippen molar-refractivity contribution in [2.75, 3.05) is 27.0 Å². The molecule has 1 aromatic rings. The van der Waals surface area contributed by atoms with E-state index < -0.39 is 11.7 Å². The predicted molar refractivity (Wildman–Crippen MR) is 128 cm³/mol. The summed E-state index contributed by atoms with van der Waals surface area (Å²) in [4.78, 5) is 28.6. The molecule has 3 rings (SSSR count). The fourth-order valence-electron chi connectivity index (χ4n) is 4.32. The van der Waals surface area contributed by atoms with Crippen LogP contribution in [0.15, 0.2) is 10.2 Å². The summed E-state index contributed by atoms with van der Waals surface area (Å²) in [6.45, 7) is 2.31. The summed E-state index contributed by atoms with van der Waals surface area (Å²) >= 11 is 1.75. The van der Waals surface area contributed by atoms with E-state index in [2.05, 4.69) is 32.8 Å². The lowest BCUT2D eigenvalue weighted by atomic mass is 9.99. The highest BCUT2D eigenvalue weighted by atomic mass is 32.2. The van der Waals surface area contributed by atoms with Crippen molar-refractivity contribution in [2.24, 2.45) is 23.2 Å². The van der Waals surface area contributed by atoms with Crippen LogP contribution in [0, 0.1) is 25.2 Å². The van der Waals surface area contributed by atoms with Crippen molar-refractivity contribution in [3.8, 4) is 18.2 Å². The number of terminal acetylenes is 1. The summed E-state index contributed by atoms with van der Waals surface area (Å²) in [5.74, 6) is 3.28. The highest BCUT2D eigenvalue weighted by Crippen LogP contribution is 2.42. The van der Waals surface area contributed by atoms with Gasteiger partial charge in [-0.2, -0.15) is 27.1 Å². The van der Waals surface area contributed by atoms with Crippen molar-refractivity contribution < 1.29 is 14.3 Å². The fraction of sp³-hybridized carbons (Fsp3) is 0.696. The molecule has 2 amide bonds. The van der Waals surface area contributed by atoms with E-state index in [1.54, 1.807) is 42.5 Å². The van der Waals surface area contributed by atoms with Crippen LogP contribution in [-0.2, 0) is 16.6 Å². The fourth-order valence-corrected chi connectivity index (χ4v) is 5.29. The second-order valence-corrected chi connectivity index (χ2v) is 9.77. The number of ether oxygens (including phenoxy) is 1.